The summed E-state index contributed by atoms with van der Waals surface area (Å²) >= 11 is 0. The molecular weight excluding hydrogens is 404 g/mol. The van der Waals surface area contributed by atoms with Crippen LogP contribution in [0.2, 0.25) is 36.3 Å². The van der Waals surface area contributed by atoms with E-state index in [0.29, 0.717) is 0 Å². The molecule has 0 bridgehead atoms. The predicted molar refractivity (Wildman–Crippen MR) is 121 cm³/mol. The van der Waals surface area contributed by atoms with Gasteiger partial charge in [0.05, 0.1) is 24.9 Å². The number of carbonyl (C=O) groups is 1. The Hall–Kier alpha value is -0.256. The molecule has 0 spiro atoms. The van der Waals surface area contributed by atoms with Gasteiger partial charge in [-0.2, -0.15) is 0 Å². The molecule has 0 aromatic heterocycles. The van der Waals surface area contributed by atoms with Crippen molar-refractivity contribution in [2.45, 2.75) is 122 Å². The fraction of sp³-hybridized carbons (Fsp3) is 0.952. The Kier molecular flexibility index (Phi) is 8.04. The van der Waals surface area contributed by atoms with E-state index in [9.17, 15) is 9.90 Å². The molecule has 1 aliphatic heterocycles. The van der Waals surface area contributed by atoms with E-state index in [2.05, 4.69) is 67.7 Å². The van der Waals surface area contributed by atoms with E-state index in [4.69, 9.17) is 18.3 Å². The first-order valence-corrected chi connectivity index (χ1v) is 16.5. The highest BCUT2D eigenvalue weighted by Gasteiger charge is 2.55. The van der Waals surface area contributed by atoms with Gasteiger partial charge in [0.1, 0.15) is 0 Å². The Labute approximate surface area is 179 Å². The lowest BCUT2D eigenvalue weighted by atomic mass is 9.96. The number of ether oxygens (including phenoxy) is 2. The SMILES string of the molecule is CCOC(=O)[C@]1(O)C[C@H](O[Si](C)(C)C(C)(C)C)[C@@H](O[Si](C)(C)C(C)(C)C)[C@H](C)O1. The van der Waals surface area contributed by atoms with Crippen LogP contribution in [0, 0.1) is 0 Å². The lowest BCUT2D eigenvalue weighted by Gasteiger charge is -2.50. The van der Waals surface area contributed by atoms with Crippen molar-refractivity contribution in [3.05, 3.63) is 0 Å². The molecule has 0 amide bonds. The third kappa shape index (κ3) is 6.14. The minimum atomic E-state index is -2.18. The van der Waals surface area contributed by atoms with Crippen LogP contribution in [0.5, 0.6) is 0 Å². The number of esters is 1. The van der Waals surface area contributed by atoms with Gasteiger partial charge in [-0.1, -0.05) is 41.5 Å². The van der Waals surface area contributed by atoms with Gasteiger partial charge < -0.3 is 23.4 Å². The Morgan fingerprint density at radius 1 is 1.03 bits per heavy atom. The number of rotatable bonds is 6. The van der Waals surface area contributed by atoms with Gasteiger partial charge in [-0.25, -0.2) is 4.79 Å². The first-order valence-electron chi connectivity index (χ1n) is 10.7. The van der Waals surface area contributed by atoms with Crippen LogP contribution in [0.15, 0.2) is 0 Å². The maximum atomic E-state index is 12.5. The second kappa shape index (κ2) is 8.71. The Bertz CT molecular complexity index is 579. The van der Waals surface area contributed by atoms with Crippen molar-refractivity contribution in [3.8, 4) is 0 Å². The van der Waals surface area contributed by atoms with E-state index in [0.717, 1.165) is 0 Å². The highest BCUT2D eigenvalue weighted by molar-refractivity contribution is 6.74. The third-order valence-corrected chi connectivity index (χ3v) is 15.7. The zero-order chi connectivity index (χ0) is 23.1. The Morgan fingerprint density at radius 2 is 1.48 bits per heavy atom. The average molecular weight is 449 g/mol. The predicted octanol–water partition coefficient (Wildman–Crippen LogP) is 4.83. The van der Waals surface area contributed by atoms with Gasteiger partial charge in [-0.15, -0.1) is 0 Å². The average Bonchev–Trinajstić information content (AvgIpc) is 2.48. The lowest BCUT2D eigenvalue weighted by molar-refractivity contribution is -0.288. The third-order valence-electron chi connectivity index (χ3n) is 6.77. The highest BCUT2D eigenvalue weighted by atomic mass is 28.4. The molecule has 4 atom stereocenters. The molecule has 0 saturated carbocycles. The zero-order valence-electron chi connectivity index (χ0n) is 20.6. The van der Waals surface area contributed by atoms with Crippen LogP contribution in [0.25, 0.3) is 0 Å². The molecule has 1 heterocycles. The van der Waals surface area contributed by atoms with Gasteiger partial charge in [0.2, 0.25) is 0 Å². The lowest BCUT2D eigenvalue weighted by Crippen LogP contribution is -2.63. The van der Waals surface area contributed by atoms with Crippen LogP contribution in [-0.4, -0.2) is 58.4 Å². The minimum Gasteiger partial charge on any atom is -0.462 e. The topological polar surface area (TPSA) is 74.2 Å². The van der Waals surface area contributed by atoms with Gasteiger partial charge in [-0.05, 0) is 50.1 Å². The zero-order valence-corrected chi connectivity index (χ0v) is 22.6. The molecule has 0 aliphatic carbocycles. The maximum Gasteiger partial charge on any atom is 0.366 e. The maximum absolute atomic E-state index is 12.5. The molecule has 0 aromatic carbocycles. The molecule has 0 radical (unpaired) electrons. The molecule has 1 fully saturated rings. The molecule has 172 valence electrons. The fourth-order valence-corrected chi connectivity index (χ4v) is 5.55. The van der Waals surface area contributed by atoms with Crippen molar-refractivity contribution in [1.82, 2.24) is 0 Å². The van der Waals surface area contributed by atoms with Crippen LogP contribution < -0.4 is 0 Å². The molecule has 0 aromatic rings. The van der Waals surface area contributed by atoms with Gasteiger partial charge in [0.15, 0.2) is 16.6 Å². The molecular formula is C21H44O6Si2. The molecule has 1 N–H and O–H groups in total. The van der Waals surface area contributed by atoms with E-state index in [1.807, 2.05) is 6.92 Å². The van der Waals surface area contributed by atoms with Gasteiger partial charge in [0, 0.05) is 6.42 Å². The first kappa shape index (κ1) is 26.8. The first-order chi connectivity index (χ1) is 12.8. The smallest absolute Gasteiger partial charge is 0.366 e. The van der Waals surface area contributed by atoms with Crippen LogP contribution in [0.1, 0.15) is 61.8 Å². The molecule has 1 aliphatic rings. The summed E-state index contributed by atoms with van der Waals surface area (Å²) in [4.78, 5) is 12.5. The summed E-state index contributed by atoms with van der Waals surface area (Å²) in [5, 5.41) is 11.0. The normalized spacial score (nSPS) is 29.6. The summed E-state index contributed by atoms with van der Waals surface area (Å²) in [5.41, 5.74) is 0. The molecule has 29 heavy (non-hydrogen) atoms. The summed E-state index contributed by atoms with van der Waals surface area (Å²) in [6.07, 6.45) is -1.33. The van der Waals surface area contributed by atoms with Crippen LogP contribution in [-0.2, 0) is 23.1 Å². The van der Waals surface area contributed by atoms with Crippen LogP contribution >= 0.6 is 0 Å². The second-order valence-electron chi connectivity index (χ2n) is 11.3. The highest BCUT2D eigenvalue weighted by Crippen LogP contribution is 2.44. The van der Waals surface area contributed by atoms with Crippen molar-refractivity contribution in [2.24, 2.45) is 0 Å². The number of hydrogen-bond donors (Lipinski definition) is 1. The van der Waals surface area contributed by atoms with Crippen LogP contribution in [0.4, 0.5) is 0 Å². The van der Waals surface area contributed by atoms with Crippen molar-refractivity contribution >= 4 is 22.6 Å². The summed E-state index contributed by atoms with van der Waals surface area (Å²) in [6, 6.07) is 0. The Morgan fingerprint density at radius 3 is 1.90 bits per heavy atom. The second-order valence-corrected chi connectivity index (χ2v) is 20.8. The van der Waals surface area contributed by atoms with Crippen molar-refractivity contribution < 1.29 is 28.2 Å². The standard InChI is InChI=1S/C21H44O6Si2/c1-13-24-18(22)21(23)14-16(26-28(9,10)19(3,4)5)17(15(2)25-21)27-29(11,12)20(6,7)8/h15-17,23H,13-14H2,1-12H3/t15-,16-,17-,21-/m0/s1. The van der Waals surface area contributed by atoms with E-state index in [-0.39, 0.29) is 29.2 Å². The molecule has 6 nitrogen and oxygen atoms in total. The van der Waals surface area contributed by atoms with Gasteiger partial charge in [0.25, 0.3) is 5.79 Å². The quantitative estimate of drug-likeness (QED) is 0.463. The number of carbonyl (C=O) groups excluding carboxylic acids is 1. The summed E-state index contributed by atoms with van der Waals surface area (Å²) in [6.45, 7) is 25.5. The summed E-state index contributed by atoms with van der Waals surface area (Å²) in [5.74, 6) is -2.78. The van der Waals surface area contributed by atoms with Gasteiger partial charge >= 0.3 is 5.97 Å². The summed E-state index contributed by atoms with van der Waals surface area (Å²) < 4.78 is 24.3. The minimum absolute atomic E-state index is 0.00196. The number of aliphatic hydroxyl groups is 1. The molecule has 1 saturated heterocycles. The largest absolute Gasteiger partial charge is 0.462 e. The Balaban J connectivity index is 3.30. The number of hydrogen-bond acceptors (Lipinski definition) is 6. The van der Waals surface area contributed by atoms with E-state index in [1.165, 1.54) is 0 Å². The molecule has 8 heteroatoms. The van der Waals surface area contributed by atoms with Crippen molar-refractivity contribution in [3.63, 3.8) is 0 Å². The molecule has 1 rings (SSSR count). The van der Waals surface area contributed by atoms with E-state index < -0.39 is 40.6 Å². The van der Waals surface area contributed by atoms with Crippen LogP contribution in [0.3, 0.4) is 0 Å². The molecule has 0 unspecified atom stereocenters. The van der Waals surface area contributed by atoms with E-state index >= 15 is 0 Å². The van der Waals surface area contributed by atoms with E-state index in [1.54, 1.807) is 6.92 Å². The summed E-state index contributed by atoms with van der Waals surface area (Å²) in [7, 11) is -4.31. The van der Waals surface area contributed by atoms with Gasteiger partial charge in [-0.3, -0.25) is 0 Å². The monoisotopic (exact) mass is 448 g/mol. The van der Waals surface area contributed by atoms with Crippen molar-refractivity contribution in [1.29, 1.82) is 0 Å². The van der Waals surface area contributed by atoms with Crippen molar-refractivity contribution in [2.75, 3.05) is 6.61 Å². The fourth-order valence-electron chi connectivity index (χ4n) is 2.84.